The van der Waals surface area contributed by atoms with Crippen LogP contribution in [0.25, 0.3) is 0 Å². The van der Waals surface area contributed by atoms with E-state index in [0.717, 1.165) is 5.56 Å². The molecule has 0 aliphatic heterocycles. The molecule has 0 heterocycles. The van der Waals surface area contributed by atoms with Gasteiger partial charge in [-0.25, -0.2) is 0 Å². The molecule has 0 aliphatic rings. The van der Waals surface area contributed by atoms with Crippen molar-refractivity contribution >= 4 is 7.52 Å². The first-order valence-corrected chi connectivity index (χ1v) is 6.19. The zero-order valence-electron chi connectivity index (χ0n) is 8.01. The fraction of sp³-hybridized carbons (Fsp3) is 0.333. The Kier molecular flexibility index (Phi) is 3.69. The molecule has 1 rings (SSSR count). The summed E-state index contributed by atoms with van der Waals surface area (Å²) < 4.78 is 15.9. The van der Waals surface area contributed by atoms with Crippen LogP contribution in [-0.4, -0.2) is 17.7 Å². The highest BCUT2D eigenvalue weighted by atomic mass is 31.2. The van der Waals surface area contributed by atoms with Crippen LogP contribution < -0.4 is 10.2 Å². The van der Waals surface area contributed by atoms with Crippen molar-refractivity contribution in [1.82, 2.24) is 0 Å². The number of hydrogen-bond donors (Lipinski definition) is 2. The maximum atomic E-state index is 10.7. The van der Waals surface area contributed by atoms with Gasteiger partial charge in [0.25, 0.3) is 7.52 Å². The molecule has 1 aromatic rings. The summed E-state index contributed by atoms with van der Waals surface area (Å²) in [5.74, 6) is 0.684. The normalized spacial score (nSPS) is 14.8. The first-order chi connectivity index (χ1) is 6.47. The average Bonchev–Trinajstić information content (AvgIpc) is 2.06. The minimum absolute atomic E-state index is 0.0269. The van der Waals surface area contributed by atoms with Crippen LogP contribution in [0.4, 0.5) is 0 Å². The molecule has 0 fully saturated rings. The maximum Gasteiger partial charge on any atom is 0.268 e. The van der Waals surface area contributed by atoms with Crippen molar-refractivity contribution in [2.75, 3.05) is 12.8 Å². The van der Waals surface area contributed by atoms with Gasteiger partial charge in [-0.2, -0.15) is 0 Å². The third-order valence-corrected chi connectivity index (χ3v) is 2.52. The molecule has 0 aromatic heterocycles. The van der Waals surface area contributed by atoms with Gasteiger partial charge in [-0.1, -0.05) is 17.7 Å². The van der Waals surface area contributed by atoms with Crippen LogP contribution in [0.1, 0.15) is 5.56 Å². The van der Waals surface area contributed by atoms with E-state index in [-0.39, 0.29) is 12.8 Å². The van der Waals surface area contributed by atoms with E-state index in [0.29, 0.717) is 5.75 Å². The van der Waals surface area contributed by atoms with Crippen molar-refractivity contribution in [2.45, 2.75) is 6.92 Å². The molecule has 0 saturated carbocycles. The fourth-order valence-electron chi connectivity index (χ4n) is 0.929. The molecule has 0 spiro atoms. The SMILES string of the molecule is Cc1ccc(OCCP(N)(=O)O)cc1. The van der Waals surface area contributed by atoms with Gasteiger partial charge in [0.15, 0.2) is 0 Å². The molecule has 0 amide bonds. The second-order valence-corrected chi connectivity index (χ2v) is 5.10. The molecule has 0 radical (unpaired) electrons. The van der Waals surface area contributed by atoms with Gasteiger partial charge >= 0.3 is 0 Å². The summed E-state index contributed by atoms with van der Waals surface area (Å²) in [6.07, 6.45) is -0.0269. The molecule has 3 N–H and O–H groups in total. The predicted octanol–water partition coefficient (Wildman–Crippen LogP) is 1.52. The predicted molar refractivity (Wildman–Crippen MR) is 55.6 cm³/mol. The Morgan fingerprint density at radius 3 is 2.50 bits per heavy atom. The Labute approximate surface area is 83.2 Å². The van der Waals surface area contributed by atoms with Gasteiger partial charge in [-0.15, -0.1) is 0 Å². The lowest BCUT2D eigenvalue weighted by molar-refractivity contribution is 0.335. The molecule has 14 heavy (non-hydrogen) atoms. The summed E-state index contributed by atoms with van der Waals surface area (Å²) in [5, 5.41) is 0. The molecular weight excluding hydrogens is 201 g/mol. The molecule has 0 saturated heterocycles. The van der Waals surface area contributed by atoms with E-state index in [2.05, 4.69) is 0 Å². The van der Waals surface area contributed by atoms with Crippen LogP contribution in [0.2, 0.25) is 0 Å². The van der Waals surface area contributed by atoms with E-state index < -0.39 is 7.52 Å². The van der Waals surface area contributed by atoms with Gasteiger partial charge in [-0.3, -0.25) is 10.1 Å². The standard InChI is InChI=1S/C9H14NO3P/c1-8-2-4-9(5-3-8)13-6-7-14(10,11)12/h2-5H,6-7H2,1H3,(H3,10,11,12). The monoisotopic (exact) mass is 215 g/mol. The molecule has 78 valence electrons. The van der Waals surface area contributed by atoms with Crippen molar-refractivity contribution in [3.8, 4) is 5.75 Å². The lowest BCUT2D eigenvalue weighted by Crippen LogP contribution is -2.07. The molecule has 1 atom stereocenters. The Balaban J connectivity index is 2.39. The minimum atomic E-state index is -3.44. The van der Waals surface area contributed by atoms with E-state index in [1.807, 2.05) is 31.2 Å². The van der Waals surface area contributed by atoms with Crippen molar-refractivity contribution in [2.24, 2.45) is 5.50 Å². The molecule has 0 aliphatic carbocycles. The quantitative estimate of drug-likeness (QED) is 0.747. The first kappa shape index (κ1) is 11.2. The van der Waals surface area contributed by atoms with Crippen molar-refractivity contribution in [1.29, 1.82) is 0 Å². The smallest absolute Gasteiger partial charge is 0.268 e. The van der Waals surface area contributed by atoms with Gasteiger partial charge < -0.3 is 9.63 Å². The van der Waals surface area contributed by atoms with Crippen LogP contribution in [0.3, 0.4) is 0 Å². The van der Waals surface area contributed by atoms with Gasteiger partial charge in [0.1, 0.15) is 5.75 Å². The number of rotatable bonds is 4. The Morgan fingerprint density at radius 2 is 2.00 bits per heavy atom. The molecule has 5 heteroatoms. The number of hydrogen-bond acceptors (Lipinski definition) is 2. The van der Waals surface area contributed by atoms with E-state index in [1.54, 1.807) is 0 Å². The second-order valence-electron chi connectivity index (χ2n) is 3.14. The van der Waals surface area contributed by atoms with Gasteiger partial charge in [0.2, 0.25) is 0 Å². The summed E-state index contributed by atoms with van der Waals surface area (Å²) in [6.45, 7) is 2.14. The topological polar surface area (TPSA) is 72.5 Å². The molecule has 4 nitrogen and oxygen atoms in total. The number of aryl methyl sites for hydroxylation is 1. The Bertz CT molecular complexity index is 330. The van der Waals surface area contributed by atoms with E-state index in [4.69, 9.17) is 15.1 Å². The Morgan fingerprint density at radius 1 is 1.43 bits per heavy atom. The minimum Gasteiger partial charge on any atom is -0.493 e. The third-order valence-electron chi connectivity index (χ3n) is 1.70. The van der Waals surface area contributed by atoms with E-state index in [1.165, 1.54) is 0 Å². The third kappa shape index (κ3) is 4.42. The van der Waals surface area contributed by atoms with E-state index in [9.17, 15) is 4.57 Å². The van der Waals surface area contributed by atoms with Gasteiger partial charge in [-0.05, 0) is 19.1 Å². The van der Waals surface area contributed by atoms with Gasteiger partial charge in [0, 0.05) is 0 Å². The lowest BCUT2D eigenvalue weighted by atomic mass is 10.2. The summed E-state index contributed by atoms with van der Waals surface area (Å²) in [5.41, 5.74) is 6.10. The van der Waals surface area contributed by atoms with E-state index >= 15 is 0 Å². The van der Waals surface area contributed by atoms with Crippen LogP contribution in [0.15, 0.2) is 24.3 Å². The van der Waals surface area contributed by atoms with Crippen LogP contribution in [0.5, 0.6) is 5.75 Å². The number of nitrogens with two attached hydrogens (primary N) is 1. The number of benzene rings is 1. The number of ether oxygens (including phenoxy) is 1. The molecular formula is C9H14NO3P. The fourth-order valence-corrected chi connectivity index (χ4v) is 1.28. The molecule has 0 bridgehead atoms. The second kappa shape index (κ2) is 4.60. The van der Waals surface area contributed by atoms with Crippen molar-refractivity contribution in [3.05, 3.63) is 29.8 Å². The lowest BCUT2D eigenvalue weighted by Gasteiger charge is -2.07. The van der Waals surface area contributed by atoms with Crippen LogP contribution >= 0.6 is 7.52 Å². The van der Waals surface area contributed by atoms with Crippen LogP contribution in [-0.2, 0) is 4.57 Å². The van der Waals surface area contributed by atoms with Gasteiger partial charge in [0.05, 0.1) is 12.8 Å². The van der Waals surface area contributed by atoms with Crippen molar-refractivity contribution in [3.63, 3.8) is 0 Å². The maximum absolute atomic E-state index is 10.7. The first-order valence-electron chi connectivity index (χ1n) is 4.27. The zero-order valence-corrected chi connectivity index (χ0v) is 8.91. The summed E-state index contributed by atoms with van der Waals surface area (Å²) >= 11 is 0. The highest BCUT2D eigenvalue weighted by Gasteiger charge is 2.09. The van der Waals surface area contributed by atoms with Crippen molar-refractivity contribution < 1.29 is 14.2 Å². The van der Waals surface area contributed by atoms with Crippen LogP contribution in [0, 0.1) is 6.92 Å². The zero-order chi connectivity index (χ0) is 10.6. The summed E-state index contributed by atoms with van der Waals surface area (Å²) in [4.78, 5) is 8.79. The molecule has 1 unspecified atom stereocenters. The average molecular weight is 215 g/mol. The highest BCUT2D eigenvalue weighted by molar-refractivity contribution is 7.55. The largest absolute Gasteiger partial charge is 0.493 e. The Hall–Kier alpha value is -0.830. The summed E-state index contributed by atoms with van der Waals surface area (Å²) in [6, 6.07) is 7.45. The summed E-state index contributed by atoms with van der Waals surface area (Å²) in [7, 11) is -3.44. The molecule has 1 aromatic carbocycles. The highest BCUT2D eigenvalue weighted by Crippen LogP contribution is 2.28.